The Morgan fingerprint density at radius 3 is 2.52 bits per heavy atom. The summed E-state index contributed by atoms with van der Waals surface area (Å²) in [5.74, 6) is 0.780. The maximum Gasteiger partial charge on any atom is 0.254 e. The van der Waals surface area contributed by atoms with Gasteiger partial charge in [-0.15, -0.1) is 0 Å². The third-order valence-electron chi connectivity index (χ3n) is 4.06. The van der Waals surface area contributed by atoms with Gasteiger partial charge in [0.05, 0.1) is 13.7 Å². The SMILES string of the molecule is CCNC(=O)CN1CCN(C(=O)c2ccc(C)c(OC)c2)CC1. The number of carbonyl (C=O) groups excluding carboxylic acids is 2. The van der Waals surface area contributed by atoms with E-state index >= 15 is 0 Å². The van der Waals surface area contributed by atoms with Crippen LogP contribution in [0.3, 0.4) is 0 Å². The minimum Gasteiger partial charge on any atom is -0.496 e. The first-order chi connectivity index (χ1) is 11.0. The third-order valence-corrected chi connectivity index (χ3v) is 4.06. The Kier molecular flexibility index (Phi) is 5.98. The normalized spacial score (nSPS) is 15.3. The number of carbonyl (C=O) groups is 2. The molecule has 0 atom stereocenters. The molecule has 0 unspecified atom stereocenters. The van der Waals surface area contributed by atoms with Crippen LogP contribution in [0, 0.1) is 6.92 Å². The Bertz CT molecular complexity index is 566. The quantitative estimate of drug-likeness (QED) is 0.876. The minimum atomic E-state index is 0.0148. The zero-order chi connectivity index (χ0) is 16.8. The number of methoxy groups -OCH3 is 1. The lowest BCUT2D eigenvalue weighted by Gasteiger charge is -2.34. The molecule has 1 heterocycles. The smallest absolute Gasteiger partial charge is 0.254 e. The van der Waals surface area contributed by atoms with Crippen LogP contribution in [0.4, 0.5) is 0 Å². The molecule has 1 aliphatic heterocycles. The van der Waals surface area contributed by atoms with Crippen molar-refractivity contribution in [3.63, 3.8) is 0 Å². The first-order valence-electron chi connectivity index (χ1n) is 7.98. The summed E-state index contributed by atoms with van der Waals surface area (Å²) in [5, 5.41) is 2.80. The number of benzene rings is 1. The summed E-state index contributed by atoms with van der Waals surface area (Å²) in [7, 11) is 1.61. The van der Waals surface area contributed by atoms with Crippen LogP contribution in [0.15, 0.2) is 18.2 Å². The minimum absolute atomic E-state index is 0.0148. The standard InChI is InChI=1S/C17H25N3O3/c1-4-18-16(21)12-19-7-9-20(10-8-19)17(22)14-6-5-13(2)15(11-14)23-3/h5-6,11H,4,7-10,12H2,1-3H3,(H,18,21). The number of rotatable bonds is 5. The summed E-state index contributed by atoms with van der Waals surface area (Å²) in [6.45, 7) is 7.60. The van der Waals surface area contributed by atoms with E-state index in [9.17, 15) is 9.59 Å². The molecule has 126 valence electrons. The number of nitrogens with zero attached hydrogens (tertiary/aromatic N) is 2. The molecular formula is C17H25N3O3. The number of nitrogens with one attached hydrogen (secondary N) is 1. The molecule has 2 rings (SSSR count). The predicted octanol–water partition coefficient (Wildman–Crippen LogP) is 0.898. The van der Waals surface area contributed by atoms with Crippen molar-refractivity contribution < 1.29 is 14.3 Å². The fraction of sp³-hybridized carbons (Fsp3) is 0.529. The monoisotopic (exact) mass is 319 g/mol. The molecule has 1 fully saturated rings. The van der Waals surface area contributed by atoms with Crippen LogP contribution in [0.2, 0.25) is 0 Å². The molecule has 2 amide bonds. The highest BCUT2D eigenvalue weighted by molar-refractivity contribution is 5.94. The van der Waals surface area contributed by atoms with Gasteiger partial charge in [-0.05, 0) is 31.5 Å². The van der Waals surface area contributed by atoms with Gasteiger partial charge in [-0.25, -0.2) is 0 Å². The molecule has 0 aliphatic carbocycles. The molecule has 0 spiro atoms. The van der Waals surface area contributed by atoms with Crippen LogP contribution in [0.1, 0.15) is 22.8 Å². The first kappa shape index (κ1) is 17.3. The molecule has 0 aromatic heterocycles. The summed E-state index contributed by atoms with van der Waals surface area (Å²) >= 11 is 0. The van der Waals surface area contributed by atoms with Crippen molar-refractivity contribution in [3.05, 3.63) is 29.3 Å². The van der Waals surface area contributed by atoms with E-state index < -0.39 is 0 Å². The Labute approximate surface area is 137 Å². The fourth-order valence-corrected chi connectivity index (χ4v) is 2.70. The highest BCUT2D eigenvalue weighted by Crippen LogP contribution is 2.20. The average Bonchev–Trinajstić information content (AvgIpc) is 2.55. The van der Waals surface area contributed by atoms with Crippen LogP contribution in [-0.4, -0.2) is 68.0 Å². The number of hydrogen-bond donors (Lipinski definition) is 1. The van der Waals surface area contributed by atoms with E-state index in [0.29, 0.717) is 44.8 Å². The van der Waals surface area contributed by atoms with E-state index in [1.807, 2.05) is 30.9 Å². The van der Waals surface area contributed by atoms with Crippen LogP contribution in [0.5, 0.6) is 5.75 Å². The van der Waals surface area contributed by atoms with Gasteiger partial charge in [0.15, 0.2) is 0 Å². The molecule has 0 saturated carbocycles. The van der Waals surface area contributed by atoms with E-state index in [0.717, 1.165) is 11.3 Å². The van der Waals surface area contributed by atoms with E-state index in [2.05, 4.69) is 10.2 Å². The number of hydrogen-bond acceptors (Lipinski definition) is 4. The van der Waals surface area contributed by atoms with E-state index in [1.165, 1.54) is 0 Å². The summed E-state index contributed by atoms with van der Waals surface area (Å²) in [6, 6.07) is 5.53. The zero-order valence-electron chi connectivity index (χ0n) is 14.1. The van der Waals surface area contributed by atoms with Gasteiger partial charge in [0.2, 0.25) is 5.91 Å². The molecule has 6 heteroatoms. The molecule has 0 radical (unpaired) electrons. The lowest BCUT2D eigenvalue weighted by Crippen LogP contribution is -2.51. The van der Waals surface area contributed by atoms with Crippen molar-refractivity contribution in [2.24, 2.45) is 0 Å². The first-order valence-corrected chi connectivity index (χ1v) is 7.98. The van der Waals surface area contributed by atoms with Gasteiger partial charge in [0.25, 0.3) is 5.91 Å². The molecule has 0 bridgehead atoms. The maximum atomic E-state index is 12.6. The van der Waals surface area contributed by atoms with Crippen molar-refractivity contribution in [2.75, 3.05) is 46.4 Å². The second-order valence-electron chi connectivity index (χ2n) is 5.71. The Balaban J connectivity index is 1.92. The number of ether oxygens (including phenoxy) is 1. The number of aryl methyl sites for hydroxylation is 1. The molecular weight excluding hydrogens is 294 g/mol. The van der Waals surface area contributed by atoms with Gasteiger partial charge in [-0.1, -0.05) is 6.07 Å². The topological polar surface area (TPSA) is 61.9 Å². The summed E-state index contributed by atoms with van der Waals surface area (Å²) < 4.78 is 5.28. The second-order valence-corrected chi connectivity index (χ2v) is 5.71. The van der Waals surface area contributed by atoms with Crippen molar-refractivity contribution in [3.8, 4) is 5.75 Å². The predicted molar refractivity (Wildman–Crippen MR) is 88.8 cm³/mol. The zero-order valence-corrected chi connectivity index (χ0v) is 14.1. The summed E-state index contributed by atoms with van der Waals surface area (Å²) in [6.07, 6.45) is 0. The molecule has 23 heavy (non-hydrogen) atoms. The number of amides is 2. The summed E-state index contributed by atoms with van der Waals surface area (Å²) in [5.41, 5.74) is 1.65. The van der Waals surface area contributed by atoms with Gasteiger partial charge < -0.3 is 15.0 Å². The molecule has 1 saturated heterocycles. The largest absolute Gasteiger partial charge is 0.496 e. The van der Waals surface area contributed by atoms with Crippen molar-refractivity contribution in [2.45, 2.75) is 13.8 Å². The van der Waals surface area contributed by atoms with Crippen molar-refractivity contribution in [1.82, 2.24) is 15.1 Å². The third kappa shape index (κ3) is 4.45. The van der Waals surface area contributed by atoms with Crippen LogP contribution >= 0.6 is 0 Å². The Morgan fingerprint density at radius 1 is 1.22 bits per heavy atom. The van der Waals surface area contributed by atoms with E-state index in [-0.39, 0.29) is 11.8 Å². The number of piperazine rings is 1. The van der Waals surface area contributed by atoms with E-state index in [1.54, 1.807) is 13.2 Å². The van der Waals surface area contributed by atoms with Crippen LogP contribution in [-0.2, 0) is 4.79 Å². The number of likely N-dealkylation sites (N-methyl/N-ethyl adjacent to an activating group) is 1. The second kappa shape index (κ2) is 7.97. The van der Waals surface area contributed by atoms with Gasteiger partial charge in [-0.2, -0.15) is 0 Å². The van der Waals surface area contributed by atoms with Gasteiger partial charge in [0, 0.05) is 38.3 Å². The van der Waals surface area contributed by atoms with Crippen LogP contribution < -0.4 is 10.1 Å². The highest BCUT2D eigenvalue weighted by Gasteiger charge is 2.23. The Hall–Kier alpha value is -2.08. The Morgan fingerprint density at radius 2 is 1.91 bits per heavy atom. The average molecular weight is 319 g/mol. The van der Waals surface area contributed by atoms with Gasteiger partial charge in [0.1, 0.15) is 5.75 Å². The van der Waals surface area contributed by atoms with Gasteiger partial charge in [-0.3, -0.25) is 14.5 Å². The molecule has 1 aliphatic rings. The molecule has 1 aromatic carbocycles. The fourth-order valence-electron chi connectivity index (χ4n) is 2.70. The van der Waals surface area contributed by atoms with Crippen LogP contribution in [0.25, 0.3) is 0 Å². The lowest BCUT2D eigenvalue weighted by atomic mass is 10.1. The van der Waals surface area contributed by atoms with Crippen molar-refractivity contribution in [1.29, 1.82) is 0 Å². The highest BCUT2D eigenvalue weighted by atomic mass is 16.5. The maximum absolute atomic E-state index is 12.6. The molecule has 1 aromatic rings. The lowest BCUT2D eigenvalue weighted by molar-refractivity contribution is -0.122. The van der Waals surface area contributed by atoms with E-state index in [4.69, 9.17) is 4.74 Å². The molecule has 1 N–H and O–H groups in total. The summed E-state index contributed by atoms with van der Waals surface area (Å²) in [4.78, 5) is 28.1. The molecule has 6 nitrogen and oxygen atoms in total. The van der Waals surface area contributed by atoms with Gasteiger partial charge >= 0.3 is 0 Å². The van der Waals surface area contributed by atoms with Crippen molar-refractivity contribution >= 4 is 11.8 Å².